The summed E-state index contributed by atoms with van der Waals surface area (Å²) in [5.41, 5.74) is 1.04. The number of benzene rings is 1. The average molecular weight is 611 g/mol. The molecule has 14 heteroatoms. The molecular formula is C28H39FN4O8S. The van der Waals surface area contributed by atoms with Crippen LogP contribution in [-0.2, 0) is 23.7 Å². The molecule has 1 aliphatic heterocycles. The van der Waals surface area contributed by atoms with Crippen LogP contribution in [0.4, 0.5) is 24.5 Å². The van der Waals surface area contributed by atoms with E-state index in [1.54, 1.807) is 48.5 Å². The van der Waals surface area contributed by atoms with Gasteiger partial charge < -0.3 is 24.3 Å². The molecule has 0 unspecified atom stereocenters. The Morgan fingerprint density at radius 2 is 1.76 bits per heavy atom. The number of hydrogen-bond donors (Lipinski definition) is 2. The molecule has 0 radical (unpaired) electrons. The number of alkyl carbamates (subject to hydrolysis) is 1. The SMILES string of the molecule is CCOC(=O)C1(S/C(=N\NC(=O)OC(C)(C)C)c2ccc(N3C[C@H](CNC(=O)OC(C)(C)C)OC3=O)cc2F)CCC1. The Morgan fingerprint density at radius 3 is 2.31 bits per heavy atom. The van der Waals surface area contributed by atoms with Crippen molar-refractivity contribution in [1.29, 1.82) is 0 Å². The second kappa shape index (κ2) is 13.2. The van der Waals surface area contributed by atoms with Crippen LogP contribution in [0.25, 0.3) is 0 Å². The highest BCUT2D eigenvalue weighted by molar-refractivity contribution is 8.16. The number of halogens is 1. The van der Waals surface area contributed by atoms with Crippen LogP contribution in [0.2, 0.25) is 0 Å². The molecule has 1 aromatic carbocycles. The van der Waals surface area contributed by atoms with Crippen molar-refractivity contribution < 1.29 is 42.5 Å². The van der Waals surface area contributed by atoms with Crippen molar-refractivity contribution in [2.24, 2.45) is 5.10 Å². The van der Waals surface area contributed by atoms with Gasteiger partial charge in [-0.3, -0.25) is 9.69 Å². The van der Waals surface area contributed by atoms with E-state index in [-0.39, 0.29) is 36.0 Å². The fourth-order valence-electron chi connectivity index (χ4n) is 4.02. The molecule has 1 aliphatic carbocycles. The summed E-state index contributed by atoms with van der Waals surface area (Å²) in [5.74, 6) is -1.18. The zero-order valence-electron chi connectivity index (χ0n) is 25.0. The minimum absolute atomic E-state index is 0.00564. The van der Waals surface area contributed by atoms with Gasteiger partial charge in [0.1, 0.15) is 32.9 Å². The highest BCUT2D eigenvalue weighted by atomic mass is 32.2. The van der Waals surface area contributed by atoms with Crippen LogP contribution in [0.1, 0.15) is 73.3 Å². The first-order valence-electron chi connectivity index (χ1n) is 13.7. The van der Waals surface area contributed by atoms with Crippen LogP contribution in [0.3, 0.4) is 0 Å². The van der Waals surface area contributed by atoms with Crippen LogP contribution in [0, 0.1) is 5.82 Å². The van der Waals surface area contributed by atoms with E-state index >= 15 is 4.39 Å². The van der Waals surface area contributed by atoms with Crippen molar-refractivity contribution in [2.75, 3.05) is 24.6 Å². The lowest BCUT2D eigenvalue weighted by molar-refractivity contribution is -0.148. The standard InChI is InChI=1S/C28H39FN4O8S/c1-8-38-22(34)28(12-9-13-28)42-21(31-32-24(36)41-27(5,6)7)19-11-10-17(14-20(19)29)33-16-18(39-25(33)37)15-30-23(35)40-26(2,3)4/h10-11,14,18H,8-9,12-13,15-16H2,1-7H3,(H,30,35)(H,32,36)/b31-21-/t18-/m0/s1. The highest BCUT2D eigenvalue weighted by Gasteiger charge is 2.48. The van der Waals surface area contributed by atoms with Crippen LogP contribution < -0.4 is 15.6 Å². The minimum Gasteiger partial charge on any atom is -0.465 e. The van der Waals surface area contributed by atoms with Gasteiger partial charge in [-0.2, -0.15) is 5.10 Å². The summed E-state index contributed by atoms with van der Waals surface area (Å²) >= 11 is 1.01. The van der Waals surface area contributed by atoms with Gasteiger partial charge in [0.25, 0.3) is 0 Å². The number of nitrogens with zero attached hydrogens (tertiary/aromatic N) is 2. The first-order valence-corrected chi connectivity index (χ1v) is 14.5. The normalized spacial score (nSPS) is 18.5. The number of rotatable bonds is 8. The predicted octanol–water partition coefficient (Wildman–Crippen LogP) is 5.08. The van der Waals surface area contributed by atoms with E-state index in [1.165, 1.54) is 17.0 Å². The predicted molar refractivity (Wildman–Crippen MR) is 155 cm³/mol. The van der Waals surface area contributed by atoms with Gasteiger partial charge in [-0.1, -0.05) is 11.8 Å². The maximum absolute atomic E-state index is 15.6. The van der Waals surface area contributed by atoms with Crippen molar-refractivity contribution in [3.8, 4) is 0 Å². The number of cyclic esters (lactones) is 1. The number of ether oxygens (including phenoxy) is 4. The van der Waals surface area contributed by atoms with Gasteiger partial charge in [0.05, 0.1) is 25.4 Å². The maximum Gasteiger partial charge on any atom is 0.428 e. The van der Waals surface area contributed by atoms with E-state index in [0.717, 1.165) is 24.2 Å². The summed E-state index contributed by atoms with van der Waals surface area (Å²) in [7, 11) is 0. The second-order valence-electron chi connectivity index (χ2n) is 11.9. The van der Waals surface area contributed by atoms with Crippen molar-refractivity contribution >= 4 is 46.7 Å². The van der Waals surface area contributed by atoms with Crippen molar-refractivity contribution in [3.63, 3.8) is 0 Å². The van der Waals surface area contributed by atoms with E-state index < -0.39 is 52.1 Å². The summed E-state index contributed by atoms with van der Waals surface area (Å²) in [6.45, 7) is 12.2. The number of hydrazone groups is 1. The zero-order valence-corrected chi connectivity index (χ0v) is 25.8. The summed E-state index contributed by atoms with van der Waals surface area (Å²) in [6, 6.07) is 4.05. The van der Waals surface area contributed by atoms with E-state index in [9.17, 15) is 19.2 Å². The van der Waals surface area contributed by atoms with Crippen LogP contribution in [0.5, 0.6) is 0 Å². The highest BCUT2D eigenvalue weighted by Crippen LogP contribution is 2.47. The minimum atomic E-state index is -0.970. The van der Waals surface area contributed by atoms with Gasteiger partial charge in [-0.15, -0.1) is 0 Å². The Bertz CT molecular complexity index is 1220. The first-order chi connectivity index (χ1) is 19.5. The molecule has 1 atom stereocenters. The Labute approximate surface area is 249 Å². The molecule has 232 valence electrons. The molecule has 2 N–H and O–H groups in total. The fourth-order valence-corrected chi connectivity index (χ4v) is 5.40. The molecule has 0 spiro atoms. The Morgan fingerprint density at radius 1 is 1.12 bits per heavy atom. The van der Waals surface area contributed by atoms with Gasteiger partial charge in [0.2, 0.25) is 0 Å². The number of carbonyl (C=O) groups excluding carboxylic acids is 4. The van der Waals surface area contributed by atoms with E-state index in [1.807, 2.05) is 0 Å². The number of hydrogen-bond acceptors (Lipinski definition) is 10. The first kappa shape index (κ1) is 33.0. The quantitative estimate of drug-likeness (QED) is 0.135. The van der Waals surface area contributed by atoms with E-state index in [0.29, 0.717) is 12.8 Å². The van der Waals surface area contributed by atoms with Gasteiger partial charge in [-0.05, 0) is 85.9 Å². The third-order valence-corrected chi connectivity index (χ3v) is 7.46. The number of esters is 1. The number of amides is 3. The van der Waals surface area contributed by atoms with Gasteiger partial charge >= 0.3 is 24.2 Å². The zero-order chi connectivity index (χ0) is 31.3. The summed E-state index contributed by atoms with van der Waals surface area (Å²) in [4.78, 5) is 50.8. The molecule has 1 aromatic rings. The average Bonchev–Trinajstić information content (AvgIpc) is 3.20. The van der Waals surface area contributed by atoms with Gasteiger partial charge in [-0.25, -0.2) is 24.2 Å². The largest absolute Gasteiger partial charge is 0.465 e. The molecule has 3 rings (SSSR count). The molecule has 0 aromatic heterocycles. The van der Waals surface area contributed by atoms with E-state index in [2.05, 4.69) is 15.8 Å². The van der Waals surface area contributed by atoms with Crippen molar-refractivity contribution in [3.05, 3.63) is 29.6 Å². The number of nitrogens with one attached hydrogen (secondary N) is 2. The van der Waals surface area contributed by atoms with Gasteiger partial charge in [0, 0.05) is 5.56 Å². The Balaban J connectivity index is 1.80. The molecule has 1 heterocycles. The number of carbonyl (C=O) groups is 4. The Kier molecular flexibility index (Phi) is 10.3. The molecule has 1 saturated heterocycles. The van der Waals surface area contributed by atoms with Crippen LogP contribution >= 0.6 is 11.8 Å². The van der Waals surface area contributed by atoms with Gasteiger partial charge in [0.15, 0.2) is 0 Å². The third kappa shape index (κ3) is 8.97. The molecule has 2 fully saturated rings. The van der Waals surface area contributed by atoms with Crippen molar-refractivity contribution in [2.45, 2.75) is 89.8 Å². The molecular weight excluding hydrogens is 571 g/mol. The summed E-state index contributed by atoms with van der Waals surface area (Å²) in [5, 5.41) is 6.72. The van der Waals surface area contributed by atoms with E-state index in [4.69, 9.17) is 18.9 Å². The lowest BCUT2D eigenvalue weighted by Crippen LogP contribution is -2.44. The molecule has 12 nitrogen and oxygen atoms in total. The molecule has 42 heavy (non-hydrogen) atoms. The molecule has 2 aliphatic rings. The topological polar surface area (TPSA) is 145 Å². The molecule has 0 bridgehead atoms. The maximum atomic E-state index is 15.6. The summed E-state index contributed by atoms with van der Waals surface area (Å²) < 4.78 is 35.7. The van der Waals surface area contributed by atoms with Crippen molar-refractivity contribution in [1.82, 2.24) is 10.7 Å². The fraction of sp³-hybridized carbons (Fsp3) is 0.607. The third-order valence-electron chi connectivity index (χ3n) is 5.99. The van der Waals surface area contributed by atoms with Crippen LogP contribution in [-0.4, -0.2) is 71.0 Å². The van der Waals surface area contributed by atoms with Crippen LogP contribution in [0.15, 0.2) is 23.3 Å². The monoisotopic (exact) mass is 610 g/mol. The number of thioether (sulfide) groups is 1. The smallest absolute Gasteiger partial charge is 0.428 e. The molecule has 1 saturated carbocycles. The number of anilines is 1. The lowest BCUT2D eigenvalue weighted by Gasteiger charge is -2.38. The molecule has 3 amide bonds. The Hall–Kier alpha value is -3.55. The lowest BCUT2D eigenvalue weighted by atomic mass is 9.84. The summed E-state index contributed by atoms with van der Waals surface area (Å²) in [6.07, 6.45) is -1.10. The second-order valence-corrected chi connectivity index (χ2v) is 13.2.